The number of phenolic OH excluding ortho intramolecular Hbond substituents is 1. The van der Waals surface area contributed by atoms with Gasteiger partial charge >= 0.3 is 6.18 Å². The third-order valence-electron chi connectivity index (χ3n) is 3.21. The second-order valence-electron chi connectivity index (χ2n) is 4.52. The molecule has 1 aliphatic rings. The maximum atomic E-state index is 13.7. The van der Waals surface area contributed by atoms with Crippen molar-refractivity contribution in [3.8, 4) is 5.75 Å². The third-order valence-corrected chi connectivity index (χ3v) is 3.21. The SMILES string of the molecule is Oc1c(F)ccc(F)c1[C@@H](N1CCNCC1)C(F)(F)F. The molecule has 1 atom stereocenters. The fourth-order valence-corrected chi connectivity index (χ4v) is 2.31. The molecule has 20 heavy (non-hydrogen) atoms. The lowest BCUT2D eigenvalue weighted by atomic mass is 10.0. The molecular formula is C12H13F5N2O. The minimum absolute atomic E-state index is 0.0274. The van der Waals surface area contributed by atoms with Gasteiger partial charge in [-0.15, -0.1) is 0 Å². The topological polar surface area (TPSA) is 35.5 Å². The first-order chi connectivity index (χ1) is 9.32. The second-order valence-corrected chi connectivity index (χ2v) is 4.52. The highest BCUT2D eigenvalue weighted by molar-refractivity contribution is 5.38. The van der Waals surface area contributed by atoms with Crippen molar-refractivity contribution in [3.05, 3.63) is 29.3 Å². The Balaban J connectivity index is 2.49. The summed E-state index contributed by atoms with van der Waals surface area (Å²) in [6.45, 7) is 0.674. The normalized spacial score (nSPS) is 19.1. The molecule has 1 heterocycles. The molecule has 1 saturated heterocycles. The average molecular weight is 296 g/mol. The van der Waals surface area contributed by atoms with E-state index < -0.39 is 35.2 Å². The molecule has 0 amide bonds. The van der Waals surface area contributed by atoms with E-state index in [1.807, 2.05) is 0 Å². The van der Waals surface area contributed by atoms with Gasteiger partial charge in [0.25, 0.3) is 0 Å². The minimum atomic E-state index is -4.82. The molecule has 112 valence electrons. The molecule has 2 N–H and O–H groups in total. The summed E-state index contributed by atoms with van der Waals surface area (Å²) in [5, 5.41) is 12.4. The van der Waals surface area contributed by atoms with Gasteiger partial charge in [-0.1, -0.05) is 0 Å². The molecule has 0 spiro atoms. The standard InChI is InChI=1S/C12H13F5N2O/c13-7-1-2-8(14)10(20)9(7)11(12(15,16)17)19-5-3-18-4-6-19/h1-2,11,18,20H,3-6H2/t11-/m1/s1. The molecule has 0 unspecified atom stereocenters. The fourth-order valence-electron chi connectivity index (χ4n) is 2.31. The first-order valence-corrected chi connectivity index (χ1v) is 6.00. The van der Waals surface area contributed by atoms with Crippen LogP contribution in [-0.2, 0) is 0 Å². The lowest BCUT2D eigenvalue weighted by Crippen LogP contribution is -2.49. The van der Waals surface area contributed by atoms with Crippen molar-refractivity contribution in [1.29, 1.82) is 0 Å². The van der Waals surface area contributed by atoms with Gasteiger partial charge in [0.1, 0.15) is 11.9 Å². The predicted molar refractivity (Wildman–Crippen MR) is 61.3 cm³/mol. The van der Waals surface area contributed by atoms with Crippen molar-refractivity contribution in [3.63, 3.8) is 0 Å². The van der Waals surface area contributed by atoms with E-state index in [-0.39, 0.29) is 13.1 Å². The lowest BCUT2D eigenvalue weighted by Gasteiger charge is -2.36. The number of hydrogen-bond donors (Lipinski definition) is 2. The number of alkyl halides is 3. The van der Waals surface area contributed by atoms with Gasteiger partial charge < -0.3 is 10.4 Å². The Labute approximate surface area is 112 Å². The van der Waals surface area contributed by atoms with Crippen LogP contribution in [0.1, 0.15) is 11.6 Å². The molecular weight excluding hydrogens is 283 g/mol. The number of benzene rings is 1. The van der Waals surface area contributed by atoms with Crippen LogP contribution >= 0.6 is 0 Å². The van der Waals surface area contributed by atoms with Crippen molar-refractivity contribution in [2.75, 3.05) is 26.2 Å². The number of nitrogens with zero attached hydrogens (tertiary/aromatic N) is 1. The van der Waals surface area contributed by atoms with Gasteiger partial charge in [0, 0.05) is 26.2 Å². The van der Waals surface area contributed by atoms with Crippen LogP contribution in [0.2, 0.25) is 0 Å². The first kappa shape index (κ1) is 15.0. The first-order valence-electron chi connectivity index (χ1n) is 6.00. The monoisotopic (exact) mass is 296 g/mol. The largest absolute Gasteiger partial charge is 0.505 e. The van der Waals surface area contributed by atoms with E-state index in [0.29, 0.717) is 25.2 Å². The van der Waals surface area contributed by atoms with Crippen LogP contribution in [0.25, 0.3) is 0 Å². The van der Waals surface area contributed by atoms with Gasteiger partial charge in [0.2, 0.25) is 0 Å². The maximum Gasteiger partial charge on any atom is 0.408 e. The van der Waals surface area contributed by atoms with E-state index in [1.165, 1.54) is 0 Å². The molecule has 2 rings (SSSR count). The summed E-state index contributed by atoms with van der Waals surface area (Å²) in [5.41, 5.74) is -1.06. The lowest BCUT2D eigenvalue weighted by molar-refractivity contribution is -0.189. The Morgan fingerprint density at radius 2 is 1.65 bits per heavy atom. The summed E-state index contributed by atoms with van der Waals surface area (Å²) in [6.07, 6.45) is -4.82. The van der Waals surface area contributed by atoms with Crippen LogP contribution in [0.4, 0.5) is 22.0 Å². The molecule has 0 saturated carbocycles. The van der Waals surface area contributed by atoms with E-state index >= 15 is 0 Å². The summed E-state index contributed by atoms with van der Waals surface area (Å²) in [4.78, 5) is 0.980. The van der Waals surface area contributed by atoms with Gasteiger partial charge in [-0.3, -0.25) is 4.90 Å². The smallest absolute Gasteiger partial charge is 0.408 e. The Morgan fingerprint density at radius 3 is 2.20 bits per heavy atom. The average Bonchev–Trinajstić information content (AvgIpc) is 2.39. The minimum Gasteiger partial charge on any atom is -0.505 e. The van der Waals surface area contributed by atoms with Crippen LogP contribution in [0, 0.1) is 11.6 Å². The Bertz CT molecular complexity index is 485. The van der Waals surface area contributed by atoms with Crippen LogP contribution in [0.15, 0.2) is 12.1 Å². The number of nitrogens with one attached hydrogen (secondary N) is 1. The number of halogens is 5. The van der Waals surface area contributed by atoms with E-state index in [2.05, 4.69) is 5.32 Å². The molecule has 1 aromatic carbocycles. The van der Waals surface area contributed by atoms with Crippen LogP contribution in [-0.4, -0.2) is 42.4 Å². The number of rotatable bonds is 2. The highest BCUT2D eigenvalue weighted by atomic mass is 19.4. The van der Waals surface area contributed by atoms with Crippen LogP contribution in [0.3, 0.4) is 0 Å². The molecule has 3 nitrogen and oxygen atoms in total. The van der Waals surface area contributed by atoms with E-state index in [9.17, 15) is 27.1 Å². The fraction of sp³-hybridized carbons (Fsp3) is 0.500. The van der Waals surface area contributed by atoms with E-state index in [1.54, 1.807) is 0 Å². The summed E-state index contributed by atoms with van der Waals surface area (Å²) in [7, 11) is 0. The third kappa shape index (κ3) is 2.85. The number of phenols is 1. The zero-order valence-electron chi connectivity index (χ0n) is 10.3. The molecule has 1 aliphatic heterocycles. The van der Waals surface area contributed by atoms with Gasteiger partial charge in [-0.05, 0) is 12.1 Å². The van der Waals surface area contributed by atoms with E-state index in [4.69, 9.17) is 0 Å². The molecule has 0 aromatic heterocycles. The van der Waals surface area contributed by atoms with Crippen molar-refractivity contribution in [2.45, 2.75) is 12.2 Å². The number of hydrogen-bond acceptors (Lipinski definition) is 3. The molecule has 0 radical (unpaired) electrons. The van der Waals surface area contributed by atoms with Crippen LogP contribution < -0.4 is 5.32 Å². The zero-order valence-corrected chi connectivity index (χ0v) is 10.3. The van der Waals surface area contributed by atoms with Crippen LogP contribution in [0.5, 0.6) is 5.75 Å². The van der Waals surface area contributed by atoms with Gasteiger partial charge in [0.15, 0.2) is 11.6 Å². The zero-order chi connectivity index (χ0) is 14.9. The maximum absolute atomic E-state index is 13.7. The molecule has 0 aliphatic carbocycles. The number of aromatic hydroxyl groups is 1. The van der Waals surface area contributed by atoms with Crippen molar-refractivity contribution < 1.29 is 27.1 Å². The van der Waals surface area contributed by atoms with Gasteiger partial charge in [0.05, 0.1) is 5.56 Å². The quantitative estimate of drug-likeness (QED) is 0.821. The van der Waals surface area contributed by atoms with Gasteiger partial charge in [-0.25, -0.2) is 8.78 Å². The van der Waals surface area contributed by atoms with Crippen molar-refractivity contribution in [2.24, 2.45) is 0 Å². The Morgan fingerprint density at radius 1 is 1.10 bits per heavy atom. The summed E-state index contributed by atoms with van der Waals surface area (Å²) in [6, 6.07) is -1.18. The summed E-state index contributed by atoms with van der Waals surface area (Å²) < 4.78 is 66.6. The Hall–Kier alpha value is -1.41. The van der Waals surface area contributed by atoms with Gasteiger partial charge in [-0.2, -0.15) is 13.2 Å². The summed E-state index contributed by atoms with van der Waals surface area (Å²) in [5.74, 6) is -3.83. The molecule has 0 bridgehead atoms. The highest BCUT2D eigenvalue weighted by Gasteiger charge is 2.47. The van der Waals surface area contributed by atoms with E-state index in [0.717, 1.165) is 4.90 Å². The Kier molecular flexibility index (Phi) is 4.14. The predicted octanol–water partition coefficient (Wildman–Crippen LogP) is 2.18. The molecule has 8 heteroatoms. The second kappa shape index (κ2) is 5.53. The molecule has 1 aromatic rings. The van der Waals surface area contributed by atoms with Crippen molar-refractivity contribution >= 4 is 0 Å². The summed E-state index contributed by atoms with van der Waals surface area (Å²) >= 11 is 0. The molecule has 1 fully saturated rings. The van der Waals surface area contributed by atoms with Crippen molar-refractivity contribution in [1.82, 2.24) is 10.2 Å². The highest BCUT2D eigenvalue weighted by Crippen LogP contribution is 2.43. The number of piperazine rings is 1.